The molecule has 2 fully saturated rings. The Morgan fingerprint density at radius 3 is 3.21 bits per heavy atom. The van der Waals surface area contributed by atoms with Crippen LogP contribution in [-0.4, -0.2) is 42.2 Å². The lowest BCUT2D eigenvalue weighted by molar-refractivity contribution is 0.111. The lowest BCUT2D eigenvalue weighted by atomic mass is 10.2. The maximum Gasteiger partial charge on any atom is 0.122 e. The van der Waals surface area contributed by atoms with Crippen LogP contribution in [0.4, 0.5) is 0 Å². The van der Waals surface area contributed by atoms with E-state index in [1.807, 2.05) is 17.5 Å². The quantitative estimate of drug-likeness (QED) is 0.929. The van der Waals surface area contributed by atoms with Crippen molar-refractivity contribution in [3.63, 3.8) is 0 Å². The van der Waals surface area contributed by atoms with Gasteiger partial charge in [-0.05, 0) is 19.8 Å². The summed E-state index contributed by atoms with van der Waals surface area (Å²) >= 11 is 1.83. The fraction of sp³-hybridized carbons (Fsp3) is 0.769. The van der Waals surface area contributed by atoms with Crippen LogP contribution in [0.1, 0.15) is 35.8 Å². The third kappa shape index (κ3) is 3.89. The van der Waals surface area contributed by atoms with Crippen molar-refractivity contribution in [3.05, 3.63) is 16.1 Å². The summed E-state index contributed by atoms with van der Waals surface area (Å²) in [6.07, 6.45) is 4.62. The molecule has 108 valence electrons. The van der Waals surface area contributed by atoms with Crippen molar-refractivity contribution in [2.24, 2.45) is 0 Å². The monoisotopic (exact) mass is 303 g/mol. The van der Waals surface area contributed by atoms with E-state index in [2.05, 4.69) is 22.1 Å². The number of ether oxygens (including phenoxy) is 1. The summed E-state index contributed by atoms with van der Waals surface area (Å²) in [5, 5.41) is 4.65. The highest BCUT2D eigenvalue weighted by atomic mass is 35.5. The first kappa shape index (κ1) is 15.2. The van der Waals surface area contributed by atoms with Gasteiger partial charge < -0.3 is 10.1 Å². The summed E-state index contributed by atoms with van der Waals surface area (Å²) in [4.78, 5) is 8.41. The molecule has 19 heavy (non-hydrogen) atoms. The zero-order valence-electron chi connectivity index (χ0n) is 11.3. The Kier molecular flexibility index (Phi) is 5.59. The van der Waals surface area contributed by atoms with E-state index in [4.69, 9.17) is 4.74 Å². The normalized spacial score (nSPS) is 28.3. The minimum Gasteiger partial charge on any atom is -0.371 e. The van der Waals surface area contributed by atoms with E-state index in [1.165, 1.54) is 16.3 Å². The van der Waals surface area contributed by atoms with Crippen molar-refractivity contribution in [3.8, 4) is 0 Å². The molecular formula is C13H22ClN3OS. The van der Waals surface area contributed by atoms with E-state index >= 15 is 0 Å². The Morgan fingerprint density at radius 1 is 1.58 bits per heavy atom. The van der Waals surface area contributed by atoms with E-state index < -0.39 is 0 Å². The first-order valence-electron chi connectivity index (χ1n) is 6.83. The number of nitrogens with zero attached hydrogens (tertiary/aromatic N) is 2. The summed E-state index contributed by atoms with van der Waals surface area (Å²) in [6, 6.07) is 0.601. The highest BCUT2D eigenvalue weighted by Crippen LogP contribution is 2.31. The van der Waals surface area contributed by atoms with E-state index in [1.54, 1.807) is 0 Å². The van der Waals surface area contributed by atoms with E-state index in [9.17, 15) is 0 Å². The molecule has 0 bridgehead atoms. The molecule has 0 spiro atoms. The van der Waals surface area contributed by atoms with Gasteiger partial charge in [0.15, 0.2) is 0 Å². The van der Waals surface area contributed by atoms with Gasteiger partial charge in [0.1, 0.15) is 11.1 Å². The second kappa shape index (κ2) is 6.99. The van der Waals surface area contributed by atoms with Gasteiger partial charge in [0, 0.05) is 49.9 Å². The van der Waals surface area contributed by atoms with Crippen molar-refractivity contribution >= 4 is 23.7 Å². The number of aromatic nitrogens is 1. The molecule has 1 aromatic heterocycles. The topological polar surface area (TPSA) is 37.4 Å². The molecule has 1 aromatic rings. The van der Waals surface area contributed by atoms with Gasteiger partial charge in [0.25, 0.3) is 0 Å². The van der Waals surface area contributed by atoms with Crippen molar-refractivity contribution < 1.29 is 4.74 Å². The molecule has 2 saturated heterocycles. The van der Waals surface area contributed by atoms with Gasteiger partial charge in [-0.15, -0.1) is 23.7 Å². The molecule has 3 heterocycles. The smallest absolute Gasteiger partial charge is 0.122 e. The van der Waals surface area contributed by atoms with Crippen LogP contribution in [0.5, 0.6) is 0 Å². The number of nitrogens with one attached hydrogen (secondary N) is 1. The molecule has 0 aliphatic carbocycles. The Labute approximate surface area is 125 Å². The first-order valence-corrected chi connectivity index (χ1v) is 7.65. The third-order valence-electron chi connectivity index (χ3n) is 3.61. The molecule has 4 nitrogen and oxygen atoms in total. The molecule has 6 heteroatoms. The molecule has 2 unspecified atom stereocenters. The number of halogens is 1. The van der Waals surface area contributed by atoms with Crippen LogP contribution in [0.2, 0.25) is 0 Å². The predicted octanol–water partition coefficient (Wildman–Crippen LogP) is 2.21. The SMILES string of the molecule is CC1CN(Cc2cnc(C3CCCO3)s2)CCN1.Cl. The van der Waals surface area contributed by atoms with Gasteiger partial charge in [-0.3, -0.25) is 4.90 Å². The van der Waals surface area contributed by atoms with Crippen molar-refractivity contribution in [1.29, 1.82) is 0 Å². The standard InChI is InChI=1S/C13H21N3OS.ClH/c1-10-8-16(5-4-14-10)9-11-7-15-13(18-11)12-3-2-6-17-12;/h7,10,12,14H,2-6,8-9H2,1H3;1H. The Hall–Kier alpha value is -0.200. The molecular weight excluding hydrogens is 282 g/mol. The molecule has 0 aromatic carbocycles. The molecule has 3 rings (SSSR count). The number of thiazole rings is 1. The van der Waals surface area contributed by atoms with Crippen molar-refractivity contribution in [1.82, 2.24) is 15.2 Å². The zero-order chi connectivity index (χ0) is 12.4. The van der Waals surface area contributed by atoms with E-state index in [0.29, 0.717) is 6.04 Å². The highest BCUT2D eigenvalue weighted by molar-refractivity contribution is 7.11. The molecule has 2 atom stereocenters. The number of hydrogen-bond donors (Lipinski definition) is 1. The summed E-state index contributed by atoms with van der Waals surface area (Å²) < 4.78 is 5.68. The summed E-state index contributed by atoms with van der Waals surface area (Å²) in [7, 11) is 0. The molecule has 0 amide bonds. The van der Waals surface area contributed by atoms with Crippen LogP contribution >= 0.6 is 23.7 Å². The van der Waals surface area contributed by atoms with E-state index in [-0.39, 0.29) is 18.5 Å². The molecule has 2 aliphatic rings. The van der Waals surface area contributed by atoms with Crippen LogP contribution in [-0.2, 0) is 11.3 Å². The van der Waals surface area contributed by atoms with Gasteiger partial charge in [-0.2, -0.15) is 0 Å². The van der Waals surface area contributed by atoms with Crippen LogP contribution in [0.15, 0.2) is 6.20 Å². The van der Waals surface area contributed by atoms with Crippen LogP contribution in [0.25, 0.3) is 0 Å². The Morgan fingerprint density at radius 2 is 2.47 bits per heavy atom. The number of piperazine rings is 1. The summed E-state index contributed by atoms with van der Waals surface area (Å²) in [6.45, 7) is 7.55. The predicted molar refractivity (Wildman–Crippen MR) is 80.0 cm³/mol. The zero-order valence-corrected chi connectivity index (χ0v) is 12.9. The molecule has 0 radical (unpaired) electrons. The molecule has 1 N–H and O–H groups in total. The largest absolute Gasteiger partial charge is 0.371 e. The van der Waals surface area contributed by atoms with Crippen molar-refractivity contribution in [2.75, 3.05) is 26.2 Å². The number of hydrogen-bond acceptors (Lipinski definition) is 5. The van der Waals surface area contributed by atoms with Crippen LogP contribution in [0, 0.1) is 0 Å². The summed E-state index contributed by atoms with van der Waals surface area (Å²) in [5.74, 6) is 0. The van der Waals surface area contributed by atoms with Gasteiger partial charge in [-0.1, -0.05) is 0 Å². The number of rotatable bonds is 3. The van der Waals surface area contributed by atoms with Crippen molar-refractivity contribution in [2.45, 2.75) is 38.5 Å². The maximum atomic E-state index is 5.68. The second-order valence-corrected chi connectivity index (χ2v) is 6.40. The second-order valence-electron chi connectivity index (χ2n) is 5.26. The molecule has 0 saturated carbocycles. The van der Waals surface area contributed by atoms with Crippen LogP contribution in [0.3, 0.4) is 0 Å². The van der Waals surface area contributed by atoms with Gasteiger partial charge in [0.05, 0.1) is 0 Å². The first-order chi connectivity index (χ1) is 8.81. The Balaban J connectivity index is 0.00000133. The summed E-state index contributed by atoms with van der Waals surface area (Å²) in [5.41, 5.74) is 0. The molecule has 2 aliphatic heterocycles. The van der Waals surface area contributed by atoms with Gasteiger partial charge >= 0.3 is 0 Å². The maximum absolute atomic E-state index is 5.68. The van der Waals surface area contributed by atoms with Gasteiger partial charge in [-0.25, -0.2) is 4.98 Å². The minimum absolute atomic E-state index is 0. The van der Waals surface area contributed by atoms with Gasteiger partial charge in [0.2, 0.25) is 0 Å². The third-order valence-corrected chi connectivity index (χ3v) is 4.68. The Bertz CT molecular complexity index is 395. The fourth-order valence-electron chi connectivity index (χ4n) is 2.69. The minimum atomic E-state index is 0. The average molecular weight is 304 g/mol. The highest BCUT2D eigenvalue weighted by Gasteiger charge is 2.22. The lowest BCUT2D eigenvalue weighted by Crippen LogP contribution is -2.48. The van der Waals surface area contributed by atoms with Crippen LogP contribution < -0.4 is 5.32 Å². The van der Waals surface area contributed by atoms with E-state index in [0.717, 1.165) is 39.2 Å². The fourth-order valence-corrected chi connectivity index (χ4v) is 3.74. The lowest BCUT2D eigenvalue weighted by Gasteiger charge is -2.31. The average Bonchev–Trinajstić information content (AvgIpc) is 2.98.